The molecule has 0 saturated carbocycles. The van der Waals surface area contributed by atoms with E-state index < -0.39 is 9.84 Å². The van der Waals surface area contributed by atoms with Crippen LogP contribution in [0.15, 0.2) is 63.2 Å². The third kappa shape index (κ3) is 3.05. The van der Waals surface area contributed by atoms with E-state index in [0.717, 1.165) is 4.90 Å². The fourth-order valence-electron chi connectivity index (χ4n) is 1.51. The fourth-order valence-corrected chi connectivity index (χ4v) is 3.75. The second kappa shape index (κ2) is 5.04. The lowest BCUT2D eigenvalue weighted by Gasteiger charge is -2.07. The van der Waals surface area contributed by atoms with E-state index >= 15 is 0 Å². The Morgan fingerprint density at radius 2 is 1.78 bits per heavy atom. The van der Waals surface area contributed by atoms with Gasteiger partial charge in [-0.3, -0.25) is 0 Å². The number of sulfone groups is 1. The standard InChI is InChI=1S/C13H12O3S2/c1-18(15,16)13-8-3-2-7-12(13)17-11-6-4-5-10(14)9-11/h2-9,14H,1H3. The number of phenolic OH excluding ortho intramolecular Hbond substituents is 1. The van der Waals surface area contributed by atoms with Crippen molar-refractivity contribution >= 4 is 21.6 Å². The van der Waals surface area contributed by atoms with Gasteiger partial charge in [-0.05, 0) is 30.3 Å². The molecule has 0 aromatic heterocycles. The van der Waals surface area contributed by atoms with Crippen LogP contribution in [0.3, 0.4) is 0 Å². The first-order valence-electron chi connectivity index (χ1n) is 5.23. The number of benzene rings is 2. The predicted octanol–water partition coefficient (Wildman–Crippen LogP) is 2.95. The van der Waals surface area contributed by atoms with Crippen molar-refractivity contribution in [3.05, 3.63) is 48.5 Å². The Kier molecular flexibility index (Phi) is 3.63. The molecular weight excluding hydrogens is 268 g/mol. The summed E-state index contributed by atoms with van der Waals surface area (Å²) in [6, 6.07) is 13.6. The third-order valence-corrected chi connectivity index (χ3v) is 4.64. The molecule has 1 N–H and O–H groups in total. The van der Waals surface area contributed by atoms with Crippen LogP contribution in [0.2, 0.25) is 0 Å². The van der Waals surface area contributed by atoms with Gasteiger partial charge in [0, 0.05) is 16.0 Å². The summed E-state index contributed by atoms with van der Waals surface area (Å²) in [7, 11) is -3.25. The maximum Gasteiger partial charge on any atom is 0.176 e. The lowest BCUT2D eigenvalue weighted by atomic mass is 10.3. The highest BCUT2D eigenvalue weighted by Gasteiger charge is 2.13. The molecule has 2 rings (SSSR count). The third-order valence-electron chi connectivity index (χ3n) is 2.29. The zero-order valence-electron chi connectivity index (χ0n) is 9.70. The molecule has 94 valence electrons. The lowest BCUT2D eigenvalue weighted by molar-refractivity contribution is 0.474. The van der Waals surface area contributed by atoms with Crippen LogP contribution < -0.4 is 0 Å². The van der Waals surface area contributed by atoms with Gasteiger partial charge in [0.1, 0.15) is 5.75 Å². The zero-order valence-corrected chi connectivity index (χ0v) is 11.3. The average molecular weight is 280 g/mol. The van der Waals surface area contributed by atoms with E-state index in [-0.39, 0.29) is 5.75 Å². The van der Waals surface area contributed by atoms with Crippen LogP contribution >= 0.6 is 11.8 Å². The summed E-state index contributed by atoms with van der Waals surface area (Å²) in [6.45, 7) is 0. The largest absolute Gasteiger partial charge is 0.508 e. The number of aromatic hydroxyl groups is 1. The van der Waals surface area contributed by atoms with Crippen LogP contribution in [-0.4, -0.2) is 19.8 Å². The highest BCUT2D eigenvalue weighted by Crippen LogP contribution is 2.33. The van der Waals surface area contributed by atoms with Gasteiger partial charge in [-0.2, -0.15) is 0 Å². The Hall–Kier alpha value is -1.46. The Morgan fingerprint density at radius 1 is 1.06 bits per heavy atom. The first-order valence-corrected chi connectivity index (χ1v) is 7.93. The van der Waals surface area contributed by atoms with Gasteiger partial charge in [0.15, 0.2) is 9.84 Å². The van der Waals surface area contributed by atoms with E-state index in [0.29, 0.717) is 9.79 Å². The molecule has 0 spiro atoms. The number of rotatable bonds is 3. The van der Waals surface area contributed by atoms with E-state index in [1.165, 1.54) is 18.0 Å². The summed E-state index contributed by atoms with van der Waals surface area (Å²) >= 11 is 1.32. The topological polar surface area (TPSA) is 54.4 Å². The Balaban J connectivity index is 2.41. The molecule has 0 aliphatic rings. The van der Waals surface area contributed by atoms with Crippen LogP contribution in [0.1, 0.15) is 0 Å². The number of hydrogen-bond donors (Lipinski definition) is 1. The Morgan fingerprint density at radius 3 is 2.44 bits per heavy atom. The van der Waals surface area contributed by atoms with Crippen molar-refractivity contribution in [2.24, 2.45) is 0 Å². The van der Waals surface area contributed by atoms with Gasteiger partial charge < -0.3 is 5.11 Å². The fraction of sp³-hybridized carbons (Fsp3) is 0.0769. The van der Waals surface area contributed by atoms with Gasteiger partial charge in [0.2, 0.25) is 0 Å². The van der Waals surface area contributed by atoms with Crippen LogP contribution in [0, 0.1) is 0 Å². The van der Waals surface area contributed by atoms with E-state index in [4.69, 9.17) is 0 Å². The van der Waals surface area contributed by atoms with Crippen molar-refractivity contribution in [1.82, 2.24) is 0 Å². The van der Waals surface area contributed by atoms with Crippen molar-refractivity contribution in [1.29, 1.82) is 0 Å². The molecule has 2 aromatic carbocycles. The second-order valence-corrected chi connectivity index (χ2v) is 6.92. The number of hydrogen-bond acceptors (Lipinski definition) is 4. The van der Waals surface area contributed by atoms with Crippen molar-refractivity contribution in [2.45, 2.75) is 14.7 Å². The Labute approximate surface area is 110 Å². The average Bonchev–Trinajstić information content (AvgIpc) is 2.28. The van der Waals surface area contributed by atoms with E-state index in [1.807, 2.05) is 6.07 Å². The predicted molar refractivity (Wildman–Crippen MR) is 71.8 cm³/mol. The molecule has 0 atom stereocenters. The minimum absolute atomic E-state index is 0.164. The minimum Gasteiger partial charge on any atom is -0.508 e. The maximum atomic E-state index is 11.6. The quantitative estimate of drug-likeness (QED) is 0.939. The molecule has 0 amide bonds. The normalized spacial score (nSPS) is 11.4. The van der Waals surface area contributed by atoms with E-state index in [2.05, 4.69) is 0 Å². The summed E-state index contributed by atoms with van der Waals surface area (Å²) in [5.74, 6) is 0.164. The van der Waals surface area contributed by atoms with Gasteiger partial charge in [0.25, 0.3) is 0 Å². The zero-order chi connectivity index (χ0) is 13.2. The summed E-state index contributed by atoms with van der Waals surface area (Å²) in [6.07, 6.45) is 1.19. The first-order chi connectivity index (χ1) is 8.47. The second-order valence-electron chi connectivity index (χ2n) is 3.82. The SMILES string of the molecule is CS(=O)(=O)c1ccccc1Sc1cccc(O)c1. The number of phenols is 1. The molecule has 0 heterocycles. The van der Waals surface area contributed by atoms with Crippen LogP contribution in [0.25, 0.3) is 0 Å². The molecule has 0 saturated heterocycles. The van der Waals surface area contributed by atoms with E-state index in [9.17, 15) is 13.5 Å². The molecule has 0 radical (unpaired) electrons. The smallest absolute Gasteiger partial charge is 0.176 e. The molecule has 3 nitrogen and oxygen atoms in total. The minimum atomic E-state index is -3.25. The van der Waals surface area contributed by atoms with Gasteiger partial charge in [0.05, 0.1) is 4.90 Å². The summed E-state index contributed by atoms with van der Waals surface area (Å²) < 4.78 is 23.3. The molecular formula is C13H12O3S2. The van der Waals surface area contributed by atoms with Crippen molar-refractivity contribution in [3.63, 3.8) is 0 Å². The molecule has 0 bridgehead atoms. The lowest BCUT2D eigenvalue weighted by Crippen LogP contribution is -1.98. The van der Waals surface area contributed by atoms with Gasteiger partial charge >= 0.3 is 0 Å². The molecule has 0 aliphatic heterocycles. The Bertz CT molecular complexity index is 663. The first kappa shape index (κ1) is 13.0. The summed E-state index contributed by atoms with van der Waals surface area (Å²) in [5, 5.41) is 9.39. The van der Waals surface area contributed by atoms with Crippen molar-refractivity contribution in [2.75, 3.05) is 6.26 Å². The monoisotopic (exact) mass is 280 g/mol. The molecule has 0 unspecified atom stereocenters. The highest BCUT2D eigenvalue weighted by atomic mass is 32.2. The van der Waals surface area contributed by atoms with Crippen LogP contribution in [0.4, 0.5) is 0 Å². The summed E-state index contributed by atoms with van der Waals surface area (Å²) in [5.41, 5.74) is 0. The van der Waals surface area contributed by atoms with Crippen LogP contribution in [0.5, 0.6) is 5.75 Å². The van der Waals surface area contributed by atoms with Gasteiger partial charge in [-0.25, -0.2) is 8.42 Å². The van der Waals surface area contributed by atoms with E-state index in [1.54, 1.807) is 42.5 Å². The van der Waals surface area contributed by atoms with Crippen molar-refractivity contribution in [3.8, 4) is 5.75 Å². The highest BCUT2D eigenvalue weighted by molar-refractivity contribution is 8.00. The molecule has 0 fully saturated rings. The molecule has 0 aliphatic carbocycles. The van der Waals surface area contributed by atoms with Gasteiger partial charge in [-0.1, -0.05) is 30.0 Å². The van der Waals surface area contributed by atoms with Gasteiger partial charge in [-0.15, -0.1) is 0 Å². The summed E-state index contributed by atoms with van der Waals surface area (Å²) in [4.78, 5) is 1.76. The maximum absolute atomic E-state index is 11.6. The molecule has 5 heteroatoms. The molecule has 18 heavy (non-hydrogen) atoms. The molecule has 2 aromatic rings. The van der Waals surface area contributed by atoms with Crippen LogP contribution in [-0.2, 0) is 9.84 Å². The van der Waals surface area contributed by atoms with Crippen molar-refractivity contribution < 1.29 is 13.5 Å².